The van der Waals surface area contributed by atoms with Gasteiger partial charge in [-0.05, 0) is 95.1 Å². The summed E-state index contributed by atoms with van der Waals surface area (Å²) in [6.07, 6.45) is 13.6. The van der Waals surface area contributed by atoms with Gasteiger partial charge in [-0.25, -0.2) is 0 Å². The van der Waals surface area contributed by atoms with Gasteiger partial charge in [-0.15, -0.1) is 0 Å². The van der Waals surface area contributed by atoms with Crippen molar-refractivity contribution in [1.82, 2.24) is 5.32 Å². The fraction of sp³-hybridized carbons (Fsp3) is 1.00. The lowest BCUT2D eigenvalue weighted by molar-refractivity contribution is -0.0910. The minimum Gasteiger partial charge on any atom is -0.376 e. The summed E-state index contributed by atoms with van der Waals surface area (Å²) >= 11 is 0. The second kappa shape index (κ2) is 13.1. The van der Waals surface area contributed by atoms with Crippen molar-refractivity contribution < 1.29 is 9.47 Å². The van der Waals surface area contributed by atoms with Crippen molar-refractivity contribution in [3.8, 4) is 0 Å². The average Bonchev–Trinajstić information content (AvgIpc) is 2.81. The fourth-order valence-electron chi connectivity index (χ4n) is 6.29. The van der Waals surface area contributed by atoms with E-state index in [4.69, 9.17) is 9.47 Å². The third kappa shape index (κ3) is 11.0. The molecule has 3 heteroatoms. The summed E-state index contributed by atoms with van der Waals surface area (Å²) < 4.78 is 13.1. The topological polar surface area (TPSA) is 30.5 Å². The van der Waals surface area contributed by atoms with E-state index in [1.807, 2.05) is 0 Å². The van der Waals surface area contributed by atoms with Gasteiger partial charge >= 0.3 is 0 Å². The van der Waals surface area contributed by atoms with Crippen LogP contribution in [-0.4, -0.2) is 37.5 Å². The molecule has 1 aliphatic heterocycles. The van der Waals surface area contributed by atoms with Crippen molar-refractivity contribution in [3.05, 3.63) is 0 Å². The Morgan fingerprint density at radius 2 is 1.14 bits per heavy atom. The van der Waals surface area contributed by atoms with Gasteiger partial charge in [-0.2, -0.15) is 0 Å². The van der Waals surface area contributed by atoms with Crippen LogP contribution in [0.1, 0.15) is 133 Å². The third-order valence-electron chi connectivity index (χ3n) is 9.19. The first kappa shape index (κ1) is 31.1. The molecule has 0 spiro atoms. The second-order valence-corrected chi connectivity index (χ2v) is 15.4. The largest absolute Gasteiger partial charge is 0.376 e. The number of ether oxygens (including phenoxy) is 2. The number of rotatable bonds is 11. The molecule has 2 atom stereocenters. The summed E-state index contributed by atoms with van der Waals surface area (Å²) in [7, 11) is 0. The quantitative estimate of drug-likeness (QED) is 0.312. The second-order valence-electron chi connectivity index (χ2n) is 15.4. The molecule has 0 amide bonds. The molecule has 0 radical (unpaired) electrons. The lowest BCUT2D eigenvalue weighted by Crippen LogP contribution is -2.52. The van der Waals surface area contributed by atoms with Crippen LogP contribution in [0.2, 0.25) is 0 Å². The summed E-state index contributed by atoms with van der Waals surface area (Å²) in [4.78, 5) is 0. The van der Waals surface area contributed by atoms with Crippen LogP contribution in [0.3, 0.4) is 0 Å². The predicted octanol–water partition coefficient (Wildman–Crippen LogP) is 8.65. The SMILES string of the molecule is CC(C)(C)OC[C@@H](C1CNC1)C(C)(C)CCC(C)(C)OC[C@@H](C1CCCCCCCC1)C(C)(C)C. The van der Waals surface area contributed by atoms with E-state index >= 15 is 0 Å². The molecule has 1 N–H and O–H groups in total. The predicted molar refractivity (Wildman–Crippen MR) is 152 cm³/mol. The Balaban J connectivity index is 1.98. The molecule has 0 bridgehead atoms. The Kier molecular flexibility index (Phi) is 11.6. The standard InChI is InChI=1S/C32H63NO2/c1-29(2,3)27(25-17-15-13-11-12-14-16-18-25)23-35-32(9,10)20-19-31(7,8)28(26-21-33-22-26)24-34-30(4,5)6/h25-28,33H,11-24H2,1-10H3/t27-,28-/m0/s1. The molecule has 0 aromatic rings. The molecule has 1 saturated carbocycles. The van der Waals surface area contributed by atoms with Gasteiger partial charge in [0.2, 0.25) is 0 Å². The number of hydrogen-bond acceptors (Lipinski definition) is 3. The summed E-state index contributed by atoms with van der Waals surface area (Å²) in [5.41, 5.74) is 0.360. The average molecular weight is 494 g/mol. The maximum Gasteiger partial charge on any atom is 0.0626 e. The Hall–Kier alpha value is -0.120. The van der Waals surface area contributed by atoms with E-state index in [-0.39, 0.29) is 16.6 Å². The molecule has 0 aromatic heterocycles. The van der Waals surface area contributed by atoms with E-state index < -0.39 is 0 Å². The summed E-state index contributed by atoms with van der Waals surface area (Å²) in [5, 5.41) is 3.49. The molecule has 35 heavy (non-hydrogen) atoms. The van der Waals surface area contributed by atoms with Crippen LogP contribution in [0, 0.1) is 34.5 Å². The Labute approximate surface area is 220 Å². The van der Waals surface area contributed by atoms with Crippen molar-refractivity contribution in [3.63, 3.8) is 0 Å². The fourth-order valence-corrected chi connectivity index (χ4v) is 6.29. The molecule has 1 heterocycles. The van der Waals surface area contributed by atoms with Crippen molar-refractivity contribution in [2.24, 2.45) is 34.5 Å². The number of hydrogen-bond donors (Lipinski definition) is 1. The van der Waals surface area contributed by atoms with Crippen LogP contribution in [0.15, 0.2) is 0 Å². The monoisotopic (exact) mass is 493 g/mol. The summed E-state index contributed by atoms with van der Waals surface area (Å²) in [6, 6.07) is 0. The van der Waals surface area contributed by atoms with Gasteiger partial charge in [-0.3, -0.25) is 0 Å². The Morgan fingerprint density at radius 1 is 0.629 bits per heavy atom. The zero-order valence-electron chi connectivity index (χ0n) is 25.5. The van der Waals surface area contributed by atoms with E-state index in [9.17, 15) is 0 Å². The maximum absolute atomic E-state index is 6.82. The molecule has 0 aromatic carbocycles. The van der Waals surface area contributed by atoms with Crippen LogP contribution in [0.4, 0.5) is 0 Å². The van der Waals surface area contributed by atoms with Crippen LogP contribution in [-0.2, 0) is 9.47 Å². The highest BCUT2D eigenvalue weighted by Crippen LogP contribution is 2.43. The van der Waals surface area contributed by atoms with Crippen molar-refractivity contribution in [2.45, 2.75) is 145 Å². The first-order valence-electron chi connectivity index (χ1n) is 15.1. The zero-order chi connectivity index (χ0) is 26.3. The van der Waals surface area contributed by atoms with Gasteiger partial charge in [0.05, 0.1) is 24.4 Å². The maximum atomic E-state index is 6.82. The first-order chi connectivity index (χ1) is 16.1. The number of nitrogens with one attached hydrogen (secondary N) is 1. The minimum atomic E-state index is -0.0907. The molecular weight excluding hydrogens is 430 g/mol. The lowest BCUT2D eigenvalue weighted by atomic mass is 9.67. The van der Waals surface area contributed by atoms with Gasteiger partial charge in [0.1, 0.15) is 0 Å². The van der Waals surface area contributed by atoms with E-state index in [1.165, 1.54) is 57.8 Å². The minimum absolute atomic E-state index is 0.0775. The van der Waals surface area contributed by atoms with Gasteiger partial charge in [-0.1, -0.05) is 86.0 Å². The van der Waals surface area contributed by atoms with Crippen molar-refractivity contribution in [1.29, 1.82) is 0 Å². The van der Waals surface area contributed by atoms with Crippen LogP contribution >= 0.6 is 0 Å². The van der Waals surface area contributed by atoms with Crippen molar-refractivity contribution >= 4 is 0 Å². The molecular formula is C32H63NO2. The van der Waals surface area contributed by atoms with Crippen molar-refractivity contribution in [2.75, 3.05) is 26.3 Å². The van der Waals surface area contributed by atoms with Crippen LogP contribution < -0.4 is 5.32 Å². The zero-order valence-corrected chi connectivity index (χ0v) is 25.5. The highest BCUT2D eigenvalue weighted by Gasteiger charge is 2.40. The van der Waals surface area contributed by atoms with E-state index in [0.717, 1.165) is 44.6 Å². The molecule has 2 fully saturated rings. The van der Waals surface area contributed by atoms with Crippen LogP contribution in [0.25, 0.3) is 0 Å². The molecule has 2 aliphatic rings. The third-order valence-corrected chi connectivity index (χ3v) is 9.19. The highest BCUT2D eigenvalue weighted by molar-refractivity contribution is 4.92. The first-order valence-corrected chi connectivity index (χ1v) is 15.1. The van der Waals surface area contributed by atoms with Gasteiger partial charge in [0.15, 0.2) is 0 Å². The molecule has 0 unspecified atom stereocenters. The normalized spacial score (nSPS) is 22.1. The molecule has 2 rings (SSSR count). The molecule has 3 nitrogen and oxygen atoms in total. The van der Waals surface area contributed by atoms with E-state index in [2.05, 4.69) is 74.6 Å². The summed E-state index contributed by atoms with van der Waals surface area (Å²) in [6.45, 7) is 27.5. The molecule has 1 saturated heterocycles. The van der Waals surface area contributed by atoms with E-state index in [0.29, 0.717) is 17.3 Å². The molecule has 208 valence electrons. The molecule has 1 aliphatic carbocycles. The van der Waals surface area contributed by atoms with Gasteiger partial charge < -0.3 is 14.8 Å². The lowest BCUT2D eigenvalue weighted by Gasteiger charge is -2.46. The van der Waals surface area contributed by atoms with E-state index in [1.54, 1.807) is 0 Å². The summed E-state index contributed by atoms with van der Waals surface area (Å²) in [5.74, 6) is 2.76. The highest BCUT2D eigenvalue weighted by atomic mass is 16.5. The Bertz CT molecular complexity index is 584. The van der Waals surface area contributed by atoms with Gasteiger partial charge in [0, 0.05) is 0 Å². The smallest absolute Gasteiger partial charge is 0.0626 e. The Morgan fingerprint density at radius 3 is 1.60 bits per heavy atom. The van der Waals surface area contributed by atoms with Gasteiger partial charge in [0.25, 0.3) is 0 Å². The van der Waals surface area contributed by atoms with Crippen LogP contribution in [0.5, 0.6) is 0 Å².